The third kappa shape index (κ3) is 5.77. The number of alkyl halides is 1. The molecule has 1 amide bonds. The van der Waals surface area contributed by atoms with Gasteiger partial charge in [-0.2, -0.15) is 0 Å². The lowest BCUT2D eigenvalue weighted by molar-refractivity contribution is -0.00177. The van der Waals surface area contributed by atoms with Crippen LogP contribution < -0.4 is 16.0 Å². The van der Waals surface area contributed by atoms with Crippen LogP contribution in [0.2, 0.25) is 0 Å². The van der Waals surface area contributed by atoms with Gasteiger partial charge < -0.3 is 30.8 Å². The number of halogens is 1. The summed E-state index contributed by atoms with van der Waals surface area (Å²) >= 11 is 0. The number of H-pyrrole nitrogens is 1. The highest BCUT2D eigenvalue weighted by Gasteiger charge is 2.27. The quantitative estimate of drug-likeness (QED) is 0.353. The highest BCUT2D eigenvalue weighted by molar-refractivity contribution is 6.00. The van der Waals surface area contributed by atoms with Gasteiger partial charge in [0.05, 0.1) is 35.3 Å². The summed E-state index contributed by atoms with van der Waals surface area (Å²) in [6.45, 7) is 3.72. The Morgan fingerprint density at radius 3 is 2.85 bits per heavy atom. The molecule has 1 fully saturated rings. The number of rotatable bonds is 8. The van der Waals surface area contributed by atoms with E-state index in [1.165, 1.54) is 20.0 Å². The van der Waals surface area contributed by atoms with Crippen LogP contribution in [-0.2, 0) is 4.74 Å². The first-order chi connectivity index (χ1) is 15.8. The maximum Gasteiger partial charge on any atom is 0.255 e. The summed E-state index contributed by atoms with van der Waals surface area (Å²) < 4.78 is 19.5. The normalized spacial score (nSPS) is 15.9. The van der Waals surface area contributed by atoms with Crippen LogP contribution in [-0.4, -0.2) is 63.5 Å². The Kier molecular flexibility index (Phi) is 6.75. The van der Waals surface area contributed by atoms with Gasteiger partial charge in [0, 0.05) is 43.1 Å². The fraction of sp³-hybridized carbons (Fsp3) is 0.435. The topological polar surface area (TPSA) is 124 Å². The number of fused-ring (bicyclic) bond motifs is 1. The number of aromatic amines is 1. The number of carbonyl (C=O) groups is 1. The molecule has 4 rings (SSSR count). The molecule has 0 bridgehead atoms. The fourth-order valence-electron chi connectivity index (χ4n) is 3.57. The minimum absolute atomic E-state index is 0.142. The van der Waals surface area contributed by atoms with Crippen LogP contribution in [0.5, 0.6) is 0 Å². The number of hydrogen-bond donors (Lipinski definition) is 5. The zero-order valence-corrected chi connectivity index (χ0v) is 18.7. The molecule has 5 N–H and O–H groups in total. The Labute approximate surface area is 191 Å². The standard InChI is InChI=1S/C23H29FN6O3/c1-23(2,32)19(24)13-28-22(31)17-12-26-20(10-18(17)29-15-4-7-33-8-5-15)30-16-9-14-3-6-25-21(14)27-11-16/h3,6,9-12,15,19,32H,4-5,7-8,13H2,1-2H3,(H,25,27)(H,28,31)(H2,26,29,30)/t19-/m1/s1. The highest BCUT2D eigenvalue weighted by Crippen LogP contribution is 2.25. The van der Waals surface area contributed by atoms with Gasteiger partial charge in [-0.3, -0.25) is 4.79 Å². The molecule has 1 saturated heterocycles. The van der Waals surface area contributed by atoms with Gasteiger partial charge in [-0.25, -0.2) is 14.4 Å². The number of anilines is 3. The Morgan fingerprint density at radius 2 is 2.09 bits per heavy atom. The third-order valence-corrected chi connectivity index (χ3v) is 5.61. The minimum Gasteiger partial charge on any atom is -0.387 e. The van der Waals surface area contributed by atoms with Gasteiger partial charge in [0.15, 0.2) is 0 Å². The fourth-order valence-corrected chi connectivity index (χ4v) is 3.57. The maximum atomic E-state index is 14.1. The highest BCUT2D eigenvalue weighted by atomic mass is 19.1. The first-order valence-corrected chi connectivity index (χ1v) is 11.0. The van der Waals surface area contributed by atoms with Crippen LogP contribution in [0, 0.1) is 0 Å². The van der Waals surface area contributed by atoms with Crippen molar-refractivity contribution in [1.82, 2.24) is 20.3 Å². The lowest BCUT2D eigenvalue weighted by Crippen LogP contribution is -2.42. The van der Waals surface area contributed by atoms with Crippen molar-refractivity contribution >= 4 is 34.1 Å². The second-order valence-corrected chi connectivity index (χ2v) is 8.74. The van der Waals surface area contributed by atoms with Crippen LogP contribution in [0.1, 0.15) is 37.0 Å². The van der Waals surface area contributed by atoms with Crippen LogP contribution >= 0.6 is 0 Å². The lowest BCUT2D eigenvalue weighted by atomic mass is 10.0. The molecule has 176 valence electrons. The first kappa shape index (κ1) is 22.9. The molecule has 10 heteroatoms. The molecule has 1 atom stereocenters. The van der Waals surface area contributed by atoms with E-state index in [1.807, 2.05) is 18.3 Å². The van der Waals surface area contributed by atoms with Gasteiger partial charge in [-0.15, -0.1) is 0 Å². The molecule has 0 radical (unpaired) electrons. The molecule has 0 aromatic carbocycles. The average Bonchev–Trinajstić information content (AvgIpc) is 3.25. The molecule has 0 aliphatic carbocycles. The van der Waals surface area contributed by atoms with Gasteiger partial charge >= 0.3 is 0 Å². The number of nitrogens with zero attached hydrogens (tertiary/aromatic N) is 2. The summed E-state index contributed by atoms with van der Waals surface area (Å²) in [7, 11) is 0. The Hall–Kier alpha value is -3.24. The van der Waals surface area contributed by atoms with Crippen LogP contribution in [0.15, 0.2) is 36.8 Å². The van der Waals surface area contributed by atoms with E-state index in [-0.39, 0.29) is 12.6 Å². The van der Waals surface area contributed by atoms with Crippen molar-refractivity contribution in [2.45, 2.75) is 44.5 Å². The molecule has 9 nitrogen and oxygen atoms in total. The summed E-state index contributed by atoms with van der Waals surface area (Å²) in [6, 6.07) is 5.78. The molecule has 0 unspecified atom stereocenters. The number of carbonyl (C=O) groups excluding carboxylic acids is 1. The SMILES string of the molecule is CC(C)(O)[C@H](F)CNC(=O)c1cnc(Nc2cnc3[nH]ccc3c2)cc1NC1CCOCC1. The molecule has 3 aromatic heterocycles. The largest absolute Gasteiger partial charge is 0.387 e. The van der Waals surface area contributed by atoms with E-state index in [2.05, 4.69) is 30.9 Å². The predicted molar refractivity (Wildman–Crippen MR) is 125 cm³/mol. The molecule has 1 aliphatic heterocycles. The van der Waals surface area contributed by atoms with Gasteiger partial charge in [-0.1, -0.05) is 0 Å². The van der Waals surface area contributed by atoms with Crippen molar-refractivity contribution in [3.8, 4) is 0 Å². The summed E-state index contributed by atoms with van der Waals surface area (Å²) in [5, 5.41) is 19.9. The van der Waals surface area contributed by atoms with Gasteiger partial charge in [0.1, 0.15) is 17.6 Å². The van der Waals surface area contributed by atoms with Crippen molar-refractivity contribution in [1.29, 1.82) is 0 Å². The molecule has 33 heavy (non-hydrogen) atoms. The van der Waals surface area contributed by atoms with Crippen LogP contribution in [0.3, 0.4) is 0 Å². The number of amides is 1. The number of nitrogens with one attached hydrogen (secondary N) is 4. The number of pyridine rings is 2. The lowest BCUT2D eigenvalue weighted by Gasteiger charge is -2.26. The Morgan fingerprint density at radius 1 is 1.30 bits per heavy atom. The van der Waals surface area contributed by atoms with Gasteiger partial charge in [0.25, 0.3) is 5.91 Å². The van der Waals surface area contributed by atoms with Crippen molar-refractivity contribution < 1.29 is 19.0 Å². The molecule has 3 aromatic rings. The summed E-state index contributed by atoms with van der Waals surface area (Å²) in [4.78, 5) is 24.6. The van der Waals surface area contributed by atoms with E-state index in [1.54, 1.807) is 12.3 Å². The molecular formula is C23H29FN6O3. The minimum atomic E-state index is -1.60. The molecule has 0 spiro atoms. The van der Waals surface area contributed by atoms with Crippen molar-refractivity contribution in [2.24, 2.45) is 0 Å². The van der Waals surface area contributed by atoms with Crippen molar-refractivity contribution in [3.63, 3.8) is 0 Å². The maximum absolute atomic E-state index is 14.1. The zero-order valence-electron chi connectivity index (χ0n) is 18.7. The van der Waals surface area contributed by atoms with E-state index in [0.717, 1.165) is 29.6 Å². The molecule has 1 aliphatic rings. The van der Waals surface area contributed by atoms with E-state index in [4.69, 9.17) is 4.74 Å². The Bertz CT molecular complexity index is 1110. The van der Waals surface area contributed by atoms with Crippen LogP contribution in [0.4, 0.5) is 21.6 Å². The third-order valence-electron chi connectivity index (χ3n) is 5.61. The first-order valence-electron chi connectivity index (χ1n) is 11.0. The number of hydrogen-bond acceptors (Lipinski definition) is 7. The second-order valence-electron chi connectivity index (χ2n) is 8.74. The summed E-state index contributed by atoms with van der Waals surface area (Å²) in [5.41, 5.74) is 0.895. The Balaban J connectivity index is 1.54. The van der Waals surface area contributed by atoms with Crippen molar-refractivity contribution in [2.75, 3.05) is 30.4 Å². The number of aliphatic hydroxyl groups is 1. The van der Waals surface area contributed by atoms with Crippen LogP contribution in [0.25, 0.3) is 11.0 Å². The average molecular weight is 457 g/mol. The zero-order chi connectivity index (χ0) is 23.4. The summed E-state index contributed by atoms with van der Waals surface area (Å²) in [5.74, 6) is 0.0728. The molecular weight excluding hydrogens is 427 g/mol. The smallest absolute Gasteiger partial charge is 0.255 e. The summed E-state index contributed by atoms with van der Waals surface area (Å²) in [6.07, 6.45) is 5.00. The van der Waals surface area contributed by atoms with E-state index < -0.39 is 17.7 Å². The van der Waals surface area contributed by atoms with E-state index in [9.17, 15) is 14.3 Å². The second kappa shape index (κ2) is 9.72. The van der Waals surface area contributed by atoms with E-state index >= 15 is 0 Å². The van der Waals surface area contributed by atoms with Gasteiger partial charge in [0.2, 0.25) is 0 Å². The monoisotopic (exact) mass is 456 g/mol. The van der Waals surface area contributed by atoms with E-state index in [0.29, 0.717) is 30.3 Å². The number of ether oxygens (including phenoxy) is 1. The van der Waals surface area contributed by atoms with Gasteiger partial charge in [-0.05, 0) is 38.8 Å². The predicted octanol–water partition coefficient (Wildman–Crippen LogP) is 3.13. The van der Waals surface area contributed by atoms with Crippen molar-refractivity contribution in [3.05, 3.63) is 42.4 Å². The molecule has 0 saturated carbocycles. The number of aromatic nitrogens is 3. The molecule has 4 heterocycles.